The molecule has 0 radical (unpaired) electrons. The molecule has 0 atom stereocenters. The number of benzene rings is 1. The molecule has 1 aliphatic heterocycles. The number of hydrogen-bond acceptors (Lipinski definition) is 2. The predicted molar refractivity (Wildman–Crippen MR) is 67.1 cm³/mol. The van der Waals surface area contributed by atoms with Gasteiger partial charge < -0.3 is 15.5 Å². The van der Waals surface area contributed by atoms with Crippen LogP contribution in [0.5, 0.6) is 0 Å². The van der Waals surface area contributed by atoms with E-state index < -0.39 is 0 Å². The number of thiocarbonyl (C=S) groups is 1. The summed E-state index contributed by atoms with van der Waals surface area (Å²) >= 11 is 5.28. The first-order valence-corrected chi connectivity index (χ1v) is 5.69. The van der Waals surface area contributed by atoms with Crippen LogP contribution in [0.2, 0.25) is 0 Å². The number of rotatable bonds is 1. The zero-order valence-electron chi connectivity index (χ0n) is 8.87. The molecule has 0 saturated carbocycles. The van der Waals surface area contributed by atoms with Gasteiger partial charge in [0, 0.05) is 31.9 Å². The minimum Gasteiger partial charge on any atom is -0.346 e. The molecule has 5 heteroatoms. The van der Waals surface area contributed by atoms with Crippen molar-refractivity contribution in [1.29, 1.82) is 0 Å². The normalized spacial score (nSPS) is 15.9. The summed E-state index contributed by atoms with van der Waals surface area (Å²) in [6.07, 6.45) is 0. The zero-order chi connectivity index (χ0) is 11.4. The number of anilines is 1. The third-order valence-corrected chi connectivity index (χ3v) is 2.86. The Balaban J connectivity index is 1.93. The third-order valence-electron chi connectivity index (χ3n) is 2.50. The molecule has 3 nitrogen and oxygen atoms in total. The second-order valence-electron chi connectivity index (χ2n) is 3.67. The summed E-state index contributed by atoms with van der Waals surface area (Å²) in [5.74, 6) is -0.237. The fraction of sp³-hybridized carbons (Fsp3) is 0.364. The van der Waals surface area contributed by atoms with Crippen molar-refractivity contribution in [2.24, 2.45) is 0 Å². The summed E-state index contributed by atoms with van der Waals surface area (Å²) in [7, 11) is 0. The Morgan fingerprint density at radius 3 is 2.50 bits per heavy atom. The van der Waals surface area contributed by atoms with Crippen LogP contribution in [0.3, 0.4) is 0 Å². The summed E-state index contributed by atoms with van der Waals surface area (Å²) in [5.41, 5.74) is 0.824. The Bertz CT molecular complexity index is 360. The van der Waals surface area contributed by atoms with E-state index >= 15 is 0 Å². The molecule has 0 unspecified atom stereocenters. The largest absolute Gasteiger partial charge is 0.346 e. The van der Waals surface area contributed by atoms with Crippen LogP contribution in [0.15, 0.2) is 24.3 Å². The van der Waals surface area contributed by atoms with Crippen molar-refractivity contribution in [3.8, 4) is 0 Å². The van der Waals surface area contributed by atoms with Crippen LogP contribution in [0.25, 0.3) is 0 Å². The van der Waals surface area contributed by atoms with Crippen molar-refractivity contribution in [1.82, 2.24) is 10.2 Å². The molecule has 2 N–H and O–H groups in total. The van der Waals surface area contributed by atoms with Gasteiger partial charge in [0.25, 0.3) is 0 Å². The van der Waals surface area contributed by atoms with Crippen LogP contribution < -0.4 is 10.6 Å². The molecule has 0 amide bonds. The smallest absolute Gasteiger partial charge is 0.173 e. The van der Waals surface area contributed by atoms with E-state index in [4.69, 9.17) is 12.2 Å². The Morgan fingerprint density at radius 2 is 1.88 bits per heavy atom. The van der Waals surface area contributed by atoms with Gasteiger partial charge in [0.2, 0.25) is 0 Å². The highest BCUT2D eigenvalue weighted by atomic mass is 32.1. The van der Waals surface area contributed by atoms with Gasteiger partial charge in [-0.1, -0.05) is 0 Å². The molecule has 0 spiro atoms. The average Bonchev–Trinajstić information content (AvgIpc) is 2.33. The molecule has 1 saturated heterocycles. The molecular formula is C11H14FN3S. The van der Waals surface area contributed by atoms with Crippen molar-refractivity contribution >= 4 is 23.0 Å². The van der Waals surface area contributed by atoms with E-state index in [0.717, 1.165) is 31.9 Å². The van der Waals surface area contributed by atoms with E-state index in [1.807, 2.05) is 0 Å². The SMILES string of the molecule is Fc1ccc(NC(=S)N2CCNCC2)cc1. The molecule has 16 heavy (non-hydrogen) atoms. The molecule has 0 aromatic heterocycles. The quantitative estimate of drug-likeness (QED) is 0.725. The summed E-state index contributed by atoms with van der Waals surface area (Å²) < 4.78 is 12.7. The molecule has 1 aliphatic rings. The van der Waals surface area contributed by atoms with Gasteiger partial charge in [0.1, 0.15) is 5.82 Å². The van der Waals surface area contributed by atoms with E-state index in [2.05, 4.69) is 15.5 Å². The number of hydrogen-bond donors (Lipinski definition) is 2. The maximum Gasteiger partial charge on any atom is 0.173 e. The zero-order valence-corrected chi connectivity index (χ0v) is 9.69. The van der Waals surface area contributed by atoms with Gasteiger partial charge in [0.15, 0.2) is 5.11 Å². The second kappa shape index (κ2) is 5.23. The highest BCUT2D eigenvalue weighted by molar-refractivity contribution is 7.80. The molecule has 1 fully saturated rings. The van der Waals surface area contributed by atoms with Crippen LogP contribution in [0.4, 0.5) is 10.1 Å². The van der Waals surface area contributed by atoms with Gasteiger partial charge in [-0.2, -0.15) is 0 Å². The Labute approximate surface area is 99.6 Å². The highest BCUT2D eigenvalue weighted by Crippen LogP contribution is 2.09. The lowest BCUT2D eigenvalue weighted by atomic mass is 10.3. The predicted octanol–water partition coefficient (Wildman–Crippen LogP) is 1.43. The number of halogens is 1. The lowest BCUT2D eigenvalue weighted by molar-refractivity contribution is 0.362. The second-order valence-corrected chi connectivity index (χ2v) is 4.06. The van der Waals surface area contributed by atoms with Crippen molar-refractivity contribution < 1.29 is 4.39 Å². The molecule has 2 rings (SSSR count). The van der Waals surface area contributed by atoms with Gasteiger partial charge in [0.05, 0.1) is 0 Å². The van der Waals surface area contributed by atoms with Crippen molar-refractivity contribution in [3.05, 3.63) is 30.1 Å². The Morgan fingerprint density at radius 1 is 1.25 bits per heavy atom. The molecule has 1 aromatic carbocycles. The van der Waals surface area contributed by atoms with E-state index in [1.54, 1.807) is 12.1 Å². The Kier molecular flexibility index (Phi) is 3.69. The topological polar surface area (TPSA) is 27.3 Å². The van der Waals surface area contributed by atoms with E-state index in [9.17, 15) is 4.39 Å². The first-order chi connectivity index (χ1) is 7.75. The van der Waals surface area contributed by atoms with Crippen molar-refractivity contribution in [3.63, 3.8) is 0 Å². The first kappa shape index (κ1) is 11.3. The number of nitrogens with one attached hydrogen (secondary N) is 2. The summed E-state index contributed by atoms with van der Waals surface area (Å²) in [6.45, 7) is 3.72. The number of nitrogens with zero attached hydrogens (tertiary/aromatic N) is 1. The lowest BCUT2D eigenvalue weighted by Crippen LogP contribution is -2.47. The van der Waals surface area contributed by atoms with Crippen LogP contribution in [-0.2, 0) is 0 Å². The first-order valence-electron chi connectivity index (χ1n) is 5.28. The van der Waals surface area contributed by atoms with E-state index in [0.29, 0.717) is 5.11 Å². The maximum atomic E-state index is 12.7. The van der Waals surface area contributed by atoms with Crippen molar-refractivity contribution in [2.45, 2.75) is 0 Å². The highest BCUT2D eigenvalue weighted by Gasteiger charge is 2.12. The molecule has 1 heterocycles. The molecule has 0 aliphatic carbocycles. The monoisotopic (exact) mass is 239 g/mol. The molecule has 1 aromatic rings. The fourth-order valence-corrected chi connectivity index (χ4v) is 1.90. The van der Waals surface area contributed by atoms with E-state index in [-0.39, 0.29) is 5.82 Å². The van der Waals surface area contributed by atoms with Crippen molar-refractivity contribution in [2.75, 3.05) is 31.5 Å². The lowest BCUT2D eigenvalue weighted by Gasteiger charge is -2.29. The van der Waals surface area contributed by atoms with E-state index in [1.165, 1.54) is 12.1 Å². The summed E-state index contributed by atoms with van der Waals surface area (Å²) in [6, 6.07) is 6.21. The molecule has 86 valence electrons. The van der Waals surface area contributed by atoms with Gasteiger partial charge in [-0.15, -0.1) is 0 Å². The number of piperazine rings is 1. The maximum absolute atomic E-state index is 12.7. The fourth-order valence-electron chi connectivity index (χ4n) is 1.60. The standard InChI is InChI=1S/C11H14FN3S/c12-9-1-3-10(4-2-9)14-11(16)15-7-5-13-6-8-15/h1-4,13H,5-8H2,(H,14,16). The van der Waals surface area contributed by atoms with Gasteiger partial charge in [-0.05, 0) is 36.5 Å². The summed E-state index contributed by atoms with van der Waals surface area (Å²) in [5, 5.41) is 7.07. The minimum absolute atomic E-state index is 0.237. The Hall–Kier alpha value is -1.20. The minimum atomic E-state index is -0.237. The van der Waals surface area contributed by atoms with Crippen LogP contribution in [-0.4, -0.2) is 36.2 Å². The van der Waals surface area contributed by atoms with Gasteiger partial charge >= 0.3 is 0 Å². The van der Waals surface area contributed by atoms with Crippen LogP contribution in [0, 0.1) is 5.82 Å². The third kappa shape index (κ3) is 2.90. The molecular weight excluding hydrogens is 225 g/mol. The molecule has 0 bridgehead atoms. The average molecular weight is 239 g/mol. The van der Waals surface area contributed by atoms with Crippen LogP contribution >= 0.6 is 12.2 Å². The van der Waals surface area contributed by atoms with Crippen LogP contribution in [0.1, 0.15) is 0 Å². The van der Waals surface area contributed by atoms with Gasteiger partial charge in [-0.3, -0.25) is 0 Å². The van der Waals surface area contributed by atoms with Gasteiger partial charge in [-0.25, -0.2) is 4.39 Å². The summed E-state index contributed by atoms with van der Waals surface area (Å²) in [4.78, 5) is 2.11.